The number of aromatic nitrogens is 3. The molecular formula is C29H39N5O4. The molecule has 1 aliphatic rings. The Morgan fingerprint density at radius 2 is 1.97 bits per heavy atom. The van der Waals surface area contributed by atoms with Gasteiger partial charge in [0.25, 0.3) is 0 Å². The normalized spacial score (nSPS) is 18.1. The van der Waals surface area contributed by atoms with Crippen LogP contribution in [0.25, 0.3) is 16.8 Å². The van der Waals surface area contributed by atoms with E-state index < -0.39 is 6.09 Å². The number of hydrogen-bond acceptors (Lipinski definition) is 6. The molecule has 1 saturated carbocycles. The number of rotatable bonds is 9. The fourth-order valence-corrected chi connectivity index (χ4v) is 5.35. The van der Waals surface area contributed by atoms with E-state index in [1.807, 2.05) is 44.4 Å². The van der Waals surface area contributed by atoms with Crippen LogP contribution < -0.4 is 15.4 Å². The number of nitrogens with one attached hydrogen (secondary N) is 2. The van der Waals surface area contributed by atoms with Crippen molar-refractivity contribution in [3.05, 3.63) is 42.1 Å². The van der Waals surface area contributed by atoms with Crippen molar-refractivity contribution in [1.29, 1.82) is 0 Å². The van der Waals surface area contributed by atoms with Gasteiger partial charge in [0.2, 0.25) is 5.91 Å². The van der Waals surface area contributed by atoms with Gasteiger partial charge in [0.15, 0.2) is 0 Å². The third-order valence-electron chi connectivity index (χ3n) is 7.33. The van der Waals surface area contributed by atoms with Crippen molar-refractivity contribution in [2.45, 2.75) is 78.2 Å². The van der Waals surface area contributed by atoms with Crippen molar-refractivity contribution < 1.29 is 19.1 Å². The second kappa shape index (κ2) is 12.3. The summed E-state index contributed by atoms with van der Waals surface area (Å²) in [5.74, 6) is 2.43. The van der Waals surface area contributed by atoms with Gasteiger partial charge in [-0.1, -0.05) is 19.4 Å². The van der Waals surface area contributed by atoms with Crippen LogP contribution in [0.2, 0.25) is 0 Å². The first kappa shape index (κ1) is 27.4. The van der Waals surface area contributed by atoms with Crippen LogP contribution in [0.3, 0.4) is 0 Å². The zero-order valence-corrected chi connectivity index (χ0v) is 23.0. The lowest BCUT2D eigenvalue weighted by atomic mass is 9.81. The molecule has 38 heavy (non-hydrogen) atoms. The van der Waals surface area contributed by atoms with E-state index in [0.717, 1.165) is 73.4 Å². The molecule has 9 heteroatoms. The number of imidazole rings is 1. The highest BCUT2D eigenvalue weighted by atomic mass is 16.6. The van der Waals surface area contributed by atoms with Crippen LogP contribution in [-0.4, -0.2) is 46.1 Å². The van der Waals surface area contributed by atoms with Crippen molar-refractivity contribution in [2.24, 2.45) is 5.92 Å². The van der Waals surface area contributed by atoms with Gasteiger partial charge in [-0.25, -0.2) is 9.78 Å². The molecule has 3 aromatic rings. The molecule has 1 unspecified atom stereocenters. The van der Waals surface area contributed by atoms with Crippen LogP contribution in [0.15, 0.2) is 30.6 Å². The number of nitrogens with zero attached hydrogens (tertiary/aromatic N) is 3. The zero-order chi connectivity index (χ0) is 27.2. The van der Waals surface area contributed by atoms with Gasteiger partial charge in [0, 0.05) is 37.3 Å². The van der Waals surface area contributed by atoms with Crippen LogP contribution in [0.5, 0.6) is 5.75 Å². The summed E-state index contributed by atoms with van der Waals surface area (Å²) in [5, 5.41) is 5.77. The summed E-state index contributed by atoms with van der Waals surface area (Å²) < 4.78 is 13.2. The van der Waals surface area contributed by atoms with Gasteiger partial charge >= 0.3 is 6.09 Å². The number of methoxy groups -OCH3 is 1. The minimum Gasteiger partial charge on any atom is -0.495 e. The van der Waals surface area contributed by atoms with Crippen molar-refractivity contribution in [1.82, 2.24) is 19.7 Å². The highest BCUT2D eigenvalue weighted by Gasteiger charge is 2.28. The fraction of sp³-hybridized carbons (Fsp3) is 0.517. The molecule has 2 aromatic heterocycles. The molecule has 204 valence electrons. The second-order valence-corrected chi connectivity index (χ2v) is 10.2. The van der Waals surface area contributed by atoms with E-state index in [1.165, 1.54) is 0 Å². The van der Waals surface area contributed by atoms with E-state index >= 15 is 0 Å². The number of amides is 2. The summed E-state index contributed by atoms with van der Waals surface area (Å²) in [6, 6.07) is 5.66. The third-order valence-corrected chi connectivity index (χ3v) is 7.33. The van der Waals surface area contributed by atoms with Gasteiger partial charge in [-0.15, -0.1) is 0 Å². The number of carbonyl (C=O) groups excluding carboxylic acids is 2. The number of benzene rings is 1. The number of fused-ring (bicyclic) bond motifs is 1. The molecule has 2 N–H and O–H groups in total. The van der Waals surface area contributed by atoms with Crippen LogP contribution in [0.1, 0.15) is 76.7 Å². The summed E-state index contributed by atoms with van der Waals surface area (Å²) in [6.07, 6.45) is 9.06. The van der Waals surface area contributed by atoms with E-state index in [-0.39, 0.29) is 12.0 Å². The van der Waals surface area contributed by atoms with Crippen molar-refractivity contribution in [3.63, 3.8) is 0 Å². The first-order chi connectivity index (χ1) is 18.3. The van der Waals surface area contributed by atoms with Gasteiger partial charge in [0.05, 0.1) is 29.7 Å². The topological polar surface area (TPSA) is 107 Å². The predicted octanol–water partition coefficient (Wildman–Crippen LogP) is 5.86. The minimum atomic E-state index is -0.499. The van der Waals surface area contributed by atoms with Crippen molar-refractivity contribution in [2.75, 3.05) is 19.0 Å². The molecule has 0 radical (unpaired) electrons. The number of ether oxygens (including phenoxy) is 2. The first-order valence-corrected chi connectivity index (χ1v) is 13.5. The smallest absolute Gasteiger partial charge is 0.412 e. The lowest BCUT2D eigenvalue weighted by Crippen LogP contribution is -2.29. The van der Waals surface area contributed by atoms with E-state index in [0.29, 0.717) is 23.3 Å². The molecule has 4 rings (SSSR count). The molecule has 9 nitrogen and oxygen atoms in total. The number of carbonyl (C=O) groups is 2. The summed E-state index contributed by atoms with van der Waals surface area (Å²) in [7, 11) is 1.58. The Morgan fingerprint density at radius 3 is 2.66 bits per heavy atom. The van der Waals surface area contributed by atoms with Crippen molar-refractivity contribution in [3.8, 4) is 17.0 Å². The molecule has 1 aromatic carbocycles. The van der Waals surface area contributed by atoms with Gasteiger partial charge in [-0.2, -0.15) is 0 Å². The van der Waals surface area contributed by atoms with Crippen LogP contribution in [0.4, 0.5) is 10.5 Å². The van der Waals surface area contributed by atoms with Crippen LogP contribution in [0, 0.1) is 12.8 Å². The Balaban J connectivity index is 1.59. The van der Waals surface area contributed by atoms with E-state index in [9.17, 15) is 9.59 Å². The lowest BCUT2D eigenvalue weighted by Gasteiger charge is -2.27. The standard InChI is InChI=1S/C29H39N5O4/c1-6-7-18(2)38-29(36)32-24-13-12-23(16-25(24)37-5)26-27-19(3)30-14-15-34(27)28(33-26)22-10-8-21(9-11-22)17-31-20(4)35/h12-16,18,21-22H,6-11,17H2,1-5H3,(H,31,35)(H,32,36). The Labute approximate surface area is 224 Å². The maximum atomic E-state index is 12.4. The molecule has 1 aliphatic carbocycles. The Bertz CT molecular complexity index is 1280. The highest BCUT2D eigenvalue weighted by molar-refractivity contribution is 5.89. The van der Waals surface area contributed by atoms with Gasteiger partial charge in [-0.3, -0.25) is 19.5 Å². The fourth-order valence-electron chi connectivity index (χ4n) is 5.35. The molecular weight excluding hydrogens is 482 g/mol. The second-order valence-electron chi connectivity index (χ2n) is 10.2. The molecule has 0 spiro atoms. The maximum Gasteiger partial charge on any atom is 0.412 e. The molecule has 2 heterocycles. The molecule has 0 saturated heterocycles. The highest BCUT2D eigenvalue weighted by Crippen LogP contribution is 2.39. The largest absolute Gasteiger partial charge is 0.495 e. The quantitative estimate of drug-likeness (QED) is 0.365. The van der Waals surface area contributed by atoms with Gasteiger partial charge < -0.3 is 14.8 Å². The summed E-state index contributed by atoms with van der Waals surface area (Å²) in [5.41, 5.74) is 4.14. The van der Waals surface area contributed by atoms with E-state index in [2.05, 4.69) is 26.9 Å². The maximum absolute atomic E-state index is 12.4. The summed E-state index contributed by atoms with van der Waals surface area (Å²) in [6.45, 7) is 8.24. The molecule has 1 fully saturated rings. The SMILES string of the molecule is CCCC(C)OC(=O)Nc1ccc(-c2nc(C3CCC(CNC(C)=O)CC3)n3ccnc(C)c23)cc1OC. The van der Waals surface area contributed by atoms with E-state index in [4.69, 9.17) is 14.5 Å². The number of hydrogen-bond donors (Lipinski definition) is 2. The Hall–Kier alpha value is -3.62. The molecule has 0 aliphatic heterocycles. The summed E-state index contributed by atoms with van der Waals surface area (Å²) >= 11 is 0. The third kappa shape index (κ3) is 6.26. The summed E-state index contributed by atoms with van der Waals surface area (Å²) in [4.78, 5) is 33.4. The number of aryl methyl sites for hydroxylation is 1. The minimum absolute atomic E-state index is 0.0265. The van der Waals surface area contributed by atoms with E-state index in [1.54, 1.807) is 14.0 Å². The van der Waals surface area contributed by atoms with Gasteiger partial charge in [-0.05, 0) is 64.0 Å². The average molecular weight is 522 g/mol. The zero-order valence-electron chi connectivity index (χ0n) is 23.0. The predicted molar refractivity (Wildman–Crippen MR) is 148 cm³/mol. The Morgan fingerprint density at radius 1 is 1.21 bits per heavy atom. The first-order valence-electron chi connectivity index (χ1n) is 13.5. The monoisotopic (exact) mass is 521 g/mol. The number of anilines is 1. The molecule has 0 bridgehead atoms. The Kier molecular flexibility index (Phi) is 8.86. The molecule has 1 atom stereocenters. The lowest BCUT2D eigenvalue weighted by molar-refractivity contribution is -0.119. The van der Waals surface area contributed by atoms with Crippen LogP contribution >= 0.6 is 0 Å². The van der Waals surface area contributed by atoms with Crippen molar-refractivity contribution >= 4 is 23.2 Å². The molecule has 2 amide bonds. The van der Waals surface area contributed by atoms with Gasteiger partial charge in [0.1, 0.15) is 17.7 Å². The van der Waals surface area contributed by atoms with Crippen LogP contribution in [-0.2, 0) is 9.53 Å². The average Bonchev–Trinajstić information content (AvgIpc) is 3.29.